The van der Waals surface area contributed by atoms with Gasteiger partial charge in [-0.3, -0.25) is 0 Å². The number of benzene rings is 1. The summed E-state index contributed by atoms with van der Waals surface area (Å²) >= 11 is 0. The van der Waals surface area contributed by atoms with E-state index in [1.807, 2.05) is 31.1 Å². The highest BCUT2D eigenvalue weighted by Gasteiger charge is 2.08. The van der Waals surface area contributed by atoms with E-state index >= 15 is 0 Å². The summed E-state index contributed by atoms with van der Waals surface area (Å²) < 4.78 is 0. The Labute approximate surface area is 95.3 Å². The zero-order chi connectivity index (χ0) is 12.1. The summed E-state index contributed by atoms with van der Waals surface area (Å²) in [7, 11) is 3.87. The number of hydrogen-bond acceptors (Lipinski definition) is 2. The Morgan fingerprint density at radius 1 is 1.31 bits per heavy atom. The van der Waals surface area contributed by atoms with Crippen LogP contribution >= 0.6 is 0 Å². The third kappa shape index (κ3) is 2.73. The van der Waals surface area contributed by atoms with Crippen molar-refractivity contribution >= 4 is 17.2 Å². The molecule has 3 nitrogen and oxygen atoms in total. The van der Waals surface area contributed by atoms with Crippen LogP contribution in [0.3, 0.4) is 0 Å². The molecule has 0 radical (unpaired) electrons. The van der Waals surface area contributed by atoms with Gasteiger partial charge in [0.15, 0.2) is 0 Å². The lowest BCUT2D eigenvalue weighted by Crippen LogP contribution is -2.08. The fraction of sp³-hybridized carbons (Fsp3) is 0.154. The minimum Gasteiger partial charge on any atom is -0.478 e. The summed E-state index contributed by atoms with van der Waals surface area (Å²) in [4.78, 5) is 12.9. The second kappa shape index (κ2) is 5.16. The van der Waals surface area contributed by atoms with Gasteiger partial charge in [-0.1, -0.05) is 24.8 Å². The predicted molar refractivity (Wildman–Crippen MR) is 66.6 cm³/mol. The third-order valence-electron chi connectivity index (χ3n) is 2.21. The van der Waals surface area contributed by atoms with Gasteiger partial charge < -0.3 is 10.0 Å². The van der Waals surface area contributed by atoms with Crippen LogP contribution < -0.4 is 4.90 Å². The van der Waals surface area contributed by atoms with Crippen molar-refractivity contribution in [1.82, 2.24) is 0 Å². The zero-order valence-corrected chi connectivity index (χ0v) is 9.47. The molecule has 0 fully saturated rings. The molecule has 0 aliphatic carbocycles. The molecule has 0 amide bonds. The first-order valence-electron chi connectivity index (χ1n) is 4.90. The van der Waals surface area contributed by atoms with Crippen LogP contribution in [-0.4, -0.2) is 25.2 Å². The molecule has 0 atom stereocenters. The molecular formula is C13H15NO2. The average Bonchev–Trinajstić information content (AvgIpc) is 2.25. The summed E-state index contributed by atoms with van der Waals surface area (Å²) in [6, 6.07) is 7.35. The minimum absolute atomic E-state index is 0.250. The minimum atomic E-state index is -0.947. The molecule has 1 N–H and O–H groups in total. The number of nitrogens with zero attached hydrogens (tertiary/aromatic N) is 1. The molecule has 3 heteroatoms. The lowest BCUT2D eigenvalue weighted by molar-refractivity contribution is -0.130. The summed E-state index contributed by atoms with van der Waals surface area (Å²) in [6.45, 7) is 3.51. The lowest BCUT2D eigenvalue weighted by atomic mass is 10.1. The van der Waals surface area contributed by atoms with Crippen LogP contribution in [0.1, 0.15) is 5.56 Å². The zero-order valence-electron chi connectivity index (χ0n) is 9.47. The molecule has 1 rings (SSSR count). The van der Waals surface area contributed by atoms with Crippen LogP contribution in [0, 0.1) is 0 Å². The molecule has 0 bridgehead atoms. The topological polar surface area (TPSA) is 40.5 Å². The average molecular weight is 217 g/mol. The largest absolute Gasteiger partial charge is 0.478 e. The van der Waals surface area contributed by atoms with Crippen LogP contribution in [-0.2, 0) is 4.79 Å². The number of hydrogen-bond donors (Lipinski definition) is 1. The van der Waals surface area contributed by atoms with E-state index in [0.29, 0.717) is 5.56 Å². The van der Waals surface area contributed by atoms with Gasteiger partial charge in [0.1, 0.15) is 0 Å². The number of anilines is 1. The highest BCUT2D eigenvalue weighted by atomic mass is 16.4. The lowest BCUT2D eigenvalue weighted by Gasteiger charge is -2.12. The maximum atomic E-state index is 11.0. The van der Waals surface area contributed by atoms with Gasteiger partial charge in [-0.25, -0.2) is 4.79 Å². The summed E-state index contributed by atoms with van der Waals surface area (Å²) in [6.07, 6.45) is 2.97. The number of carbonyl (C=O) groups is 1. The van der Waals surface area contributed by atoms with Crippen molar-refractivity contribution in [2.75, 3.05) is 19.0 Å². The highest BCUT2D eigenvalue weighted by molar-refractivity contribution is 6.15. The Bertz CT molecular complexity index is 416. The Morgan fingerprint density at radius 3 is 2.25 bits per heavy atom. The van der Waals surface area contributed by atoms with Gasteiger partial charge in [0.25, 0.3) is 0 Å². The SMILES string of the molecule is C=CC=C(C(=O)O)c1ccc(N(C)C)cc1. The van der Waals surface area contributed by atoms with Crippen molar-refractivity contribution in [3.8, 4) is 0 Å². The Kier molecular flexibility index (Phi) is 3.89. The van der Waals surface area contributed by atoms with Crippen molar-refractivity contribution in [3.63, 3.8) is 0 Å². The molecule has 0 heterocycles. The molecule has 0 aliphatic heterocycles. The van der Waals surface area contributed by atoms with Crippen LogP contribution in [0.4, 0.5) is 5.69 Å². The molecule has 0 aromatic heterocycles. The summed E-state index contributed by atoms with van der Waals surface area (Å²) in [5, 5.41) is 9.01. The summed E-state index contributed by atoms with van der Waals surface area (Å²) in [5.41, 5.74) is 1.96. The van der Waals surface area contributed by atoms with Crippen molar-refractivity contribution < 1.29 is 9.90 Å². The molecule has 84 valence electrons. The molecule has 16 heavy (non-hydrogen) atoms. The second-order valence-electron chi connectivity index (χ2n) is 3.56. The number of aliphatic carboxylic acids is 1. The molecular weight excluding hydrogens is 202 g/mol. The van der Waals surface area contributed by atoms with E-state index in [0.717, 1.165) is 5.69 Å². The Morgan fingerprint density at radius 2 is 1.88 bits per heavy atom. The van der Waals surface area contributed by atoms with Gasteiger partial charge in [-0.05, 0) is 23.8 Å². The van der Waals surface area contributed by atoms with Gasteiger partial charge in [0.05, 0.1) is 5.57 Å². The van der Waals surface area contributed by atoms with E-state index in [2.05, 4.69) is 6.58 Å². The van der Waals surface area contributed by atoms with Crippen LogP contribution in [0.25, 0.3) is 5.57 Å². The smallest absolute Gasteiger partial charge is 0.336 e. The predicted octanol–water partition coefficient (Wildman–Crippen LogP) is 2.41. The van der Waals surface area contributed by atoms with Crippen molar-refractivity contribution in [1.29, 1.82) is 0 Å². The maximum absolute atomic E-state index is 11.0. The first-order valence-corrected chi connectivity index (χ1v) is 4.90. The third-order valence-corrected chi connectivity index (χ3v) is 2.21. The highest BCUT2D eigenvalue weighted by Crippen LogP contribution is 2.19. The number of carboxylic acid groups (broad SMARTS) is 1. The number of allylic oxidation sites excluding steroid dienone is 2. The van der Waals surface area contributed by atoms with Crippen LogP contribution in [0.5, 0.6) is 0 Å². The fourth-order valence-corrected chi connectivity index (χ4v) is 1.35. The maximum Gasteiger partial charge on any atom is 0.336 e. The van der Waals surface area contributed by atoms with Gasteiger partial charge >= 0.3 is 5.97 Å². The van der Waals surface area contributed by atoms with Crippen molar-refractivity contribution in [3.05, 3.63) is 48.6 Å². The van der Waals surface area contributed by atoms with E-state index in [1.165, 1.54) is 12.2 Å². The normalized spacial score (nSPS) is 11.0. The number of rotatable bonds is 4. The molecule has 0 unspecified atom stereocenters. The van der Waals surface area contributed by atoms with E-state index in [4.69, 9.17) is 5.11 Å². The van der Waals surface area contributed by atoms with E-state index in [-0.39, 0.29) is 5.57 Å². The standard InChI is InChI=1S/C13H15NO2/c1-4-5-12(13(15)16)10-6-8-11(9-7-10)14(2)3/h4-9H,1H2,2-3H3,(H,15,16). The van der Waals surface area contributed by atoms with E-state index in [9.17, 15) is 4.79 Å². The number of carboxylic acids is 1. The second-order valence-corrected chi connectivity index (χ2v) is 3.56. The molecule has 0 saturated carbocycles. The first-order chi connectivity index (χ1) is 7.56. The summed E-state index contributed by atoms with van der Waals surface area (Å²) in [5.74, 6) is -0.947. The van der Waals surface area contributed by atoms with Crippen LogP contribution in [0.15, 0.2) is 43.0 Å². The Balaban J connectivity index is 3.08. The van der Waals surface area contributed by atoms with E-state index < -0.39 is 5.97 Å². The van der Waals surface area contributed by atoms with Gasteiger partial charge in [-0.2, -0.15) is 0 Å². The molecule has 0 saturated heterocycles. The van der Waals surface area contributed by atoms with Crippen molar-refractivity contribution in [2.24, 2.45) is 0 Å². The van der Waals surface area contributed by atoms with Crippen LogP contribution in [0.2, 0.25) is 0 Å². The molecule has 0 spiro atoms. The van der Waals surface area contributed by atoms with Gasteiger partial charge in [0, 0.05) is 19.8 Å². The van der Waals surface area contributed by atoms with Crippen molar-refractivity contribution in [2.45, 2.75) is 0 Å². The van der Waals surface area contributed by atoms with E-state index in [1.54, 1.807) is 12.1 Å². The first kappa shape index (κ1) is 12.0. The molecule has 0 aliphatic rings. The molecule has 1 aromatic carbocycles. The molecule has 1 aromatic rings. The quantitative estimate of drug-likeness (QED) is 0.622. The van der Waals surface area contributed by atoms with Gasteiger partial charge in [0.2, 0.25) is 0 Å². The monoisotopic (exact) mass is 217 g/mol. The Hall–Kier alpha value is -2.03. The fourth-order valence-electron chi connectivity index (χ4n) is 1.35. The van der Waals surface area contributed by atoms with Gasteiger partial charge in [-0.15, -0.1) is 0 Å².